The maximum Gasteiger partial charge on any atom is 0.255 e. The number of nitrogens with zero attached hydrogens (tertiary/aromatic N) is 1. The van der Waals surface area contributed by atoms with Crippen molar-refractivity contribution in [3.05, 3.63) is 28.8 Å². The zero-order chi connectivity index (χ0) is 15.3. The molecule has 0 aromatic heterocycles. The molecule has 0 bridgehead atoms. The minimum Gasteiger partial charge on any atom is -0.389 e. The summed E-state index contributed by atoms with van der Waals surface area (Å²) < 4.78 is 0. The summed E-state index contributed by atoms with van der Waals surface area (Å²) in [6, 6.07) is 5.22. The van der Waals surface area contributed by atoms with Crippen LogP contribution in [0.4, 0.5) is 5.69 Å². The standard InChI is InChI=1S/C15H23ClN2O2/c1-5-8-17-13-7-6-11(16)9-12(13)14(19)18(4)10-15(2,3)20/h6-7,9,17,20H,5,8,10H2,1-4H3. The molecule has 1 aromatic carbocycles. The molecule has 0 saturated heterocycles. The summed E-state index contributed by atoms with van der Waals surface area (Å²) in [6.45, 7) is 6.45. The quantitative estimate of drug-likeness (QED) is 0.849. The number of hydrogen-bond acceptors (Lipinski definition) is 3. The first-order valence-electron chi connectivity index (χ1n) is 6.76. The second-order valence-electron chi connectivity index (χ2n) is 5.59. The number of halogens is 1. The van der Waals surface area contributed by atoms with Gasteiger partial charge in [0.25, 0.3) is 5.91 Å². The van der Waals surface area contributed by atoms with Crippen LogP contribution in [0.3, 0.4) is 0 Å². The van der Waals surface area contributed by atoms with Gasteiger partial charge in [0.15, 0.2) is 0 Å². The average molecular weight is 299 g/mol. The minimum absolute atomic E-state index is 0.159. The van der Waals surface area contributed by atoms with Crippen molar-refractivity contribution in [1.29, 1.82) is 0 Å². The van der Waals surface area contributed by atoms with E-state index in [1.54, 1.807) is 33.0 Å². The Bertz CT molecular complexity index is 469. The molecule has 0 fully saturated rings. The third-order valence-electron chi connectivity index (χ3n) is 2.75. The van der Waals surface area contributed by atoms with Gasteiger partial charge in [0.2, 0.25) is 0 Å². The van der Waals surface area contributed by atoms with Crippen LogP contribution in [-0.2, 0) is 0 Å². The predicted molar refractivity (Wildman–Crippen MR) is 83.5 cm³/mol. The molecule has 0 aliphatic rings. The van der Waals surface area contributed by atoms with Gasteiger partial charge in [-0.2, -0.15) is 0 Å². The third kappa shape index (κ3) is 5.02. The normalized spacial score (nSPS) is 11.3. The van der Waals surface area contributed by atoms with Crippen LogP contribution >= 0.6 is 11.6 Å². The SMILES string of the molecule is CCCNc1ccc(Cl)cc1C(=O)N(C)CC(C)(C)O. The Balaban J connectivity index is 2.98. The third-order valence-corrected chi connectivity index (χ3v) is 2.98. The lowest BCUT2D eigenvalue weighted by atomic mass is 10.1. The highest BCUT2D eigenvalue weighted by molar-refractivity contribution is 6.31. The van der Waals surface area contributed by atoms with Gasteiger partial charge in [-0.15, -0.1) is 0 Å². The molecule has 1 amide bonds. The Labute approximate surface area is 125 Å². The molecule has 4 nitrogen and oxygen atoms in total. The van der Waals surface area contributed by atoms with Crippen molar-refractivity contribution in [2.24, 2.45) is 0 Å². The molecule has 0 unspecified atom stereocenters. The summed E-state index contributed by atoms with van der Waals surface area (Å²) >= 11 is 5.98. The monoisotopic (exact) mass is 298 g/mol. The van der Waals surface area contributed by atoms with Crippen LogP contribution in [0, 0.1) is 0 Å². The van der Waals surface area contributed by atoms with Crippen LogP contribution in [0.25, 0.3) is 0 Å². The van der Waals surface area contributed by atoms with Gasteiger partial charge >= 0.3 is 0 Å². The van der Waals surface area contributed by atoms with E-state index in [1.165, 1.54) is 4.90 Å². The van der Waals surface area contributed by atoms with Crippen molar-refractivity contribution in [2.75, 3.05) is 25.5 Å². The van der Waals surface area contributed by atoms with Crippen molar-refractivity contribution in [3.63, 3.8) is 0 Å². The lowest BCUT2D eigenvalue weighted by Gasteiger charge is -2.26. The van der Waals surface area contributed by atoms with E-state index in [2.05, 4.69) is 12.2 Å². The molecule has 0 aliphatic carbocycles. The zero-order valence-electron chi connectivity index (χ0n) is 12.5. The van der Waals surface area contributed by atoms with Crippen LogP contribution in [-0.4, -0.2) is 41.7 Å². The van der Waals surface area contributed by atoms with E-state index in [1.807, 2.05) is 6.07 Å². The van der Waals surface area contributed by atoms with E-state index in [0.29, 0.717) is 10.6 Å². The molecule has 0 saturated carbocycles. The number of carbonyl (C=O) groups is 1. The first-order valence-corrected chi connectivity index (χ1v) is 7.13. The highest BCUT2D eigenvalue weighted by Crippen LogP contribution is 2.22. The molecule has 0 heterocycles. The van der Waals surface area contributed by atoms with Gasteiger partial charge in [0.1, 0.15) is 0 Å². The Morgan fingerprint density at radius 2 is 2.10 bits per heavy atom. The number of anilines is 1. The Hall–Kier alpha value is -1.26. The molecule has 0 spiro atoms. The summed E-state index contributed by atoms with van der Waals surface area (Å²) in [5.74, 6) is -0.159. The fourth-order valence-electron chi connectivity index (χ4n) is 1.97. The van der Waals surface area contributed by atoms with Gasteiger partial charge in [-0.1, -0.05) is 18.5 Å². The van der Waals surface area contributed by atoms with E-state index in [0.717, 1.165) is 18.7 Å². The molecule has 20 heavy (non-hydrogen) atoms. The number of rotatable bonds is 6. The molecule has 0 radical (unpaired) electrons. The number of benzene rings is 1. The predicted octanol–water partition coefficient (Wildman–Crippen LogP) is 3.00. The van der Waals surface area contributed by atoms with Gasteiger partial charge < -0.3 is 15.3 Å². The summed E-state index contributed by atoms with van der Waals surface area (Å²) in [5, 5.41) is 13.6. The first-order chi connectivity index (χ1) is 9.24. The van der Waals surface area contributed by atoms with Crippen molar-refractivity contribution < 1.29 is 9.90 Å². The van der Waals surface area contributed by atoms with Crippen molar-refractivity contribution in [1.82, 2.24) is 4.90 Å². The summed E-state index contributed by atoms with van der Waals surface area (Å²) in [5.41, 5.74) is 0.363. The molecule has 1 rings (SSSR count). The van der Waals surface area contributed by atoms with Crippen LogP contribution in [0.15, 0.2) is 18.2 Å². The molecule has 2 N–H and O–H groups in total. The van der Waals surface area contributed by atoms with Crippen molar-refractivity contribution in [3.8, 4) is 0 Å². The second kappa shape index (κ2) is 6.95. The fraction of sp³-hybridized carbons (Fsp3) is 0.533. The Kier molecular flexibility index (Phi) is 5.84. The summed E-state index contributed by atoms with van der Waals surface area (Å²) in [7, 11) is 1.67. The minimum atomic E-state index is -0.931. The topological polar surface area (TPSA) is 52.6 Å². The molecule has 112 valence electrons. The van der Waals surface area contributed by atoms with Crippen molar-refractivity contribution in [2.45, 2.75) is 32.8 Å². The largest absolute Gasteiger partial charge is 0.389 e. The molecule has 0 atom stereocenters. The number of likely N-dealkylation sites (N-methyl/N-ethyl adjacent to an activating group) is 1. The van der Waals surface area contributed by atoms with Crippen LogP contribution in [0.2, 0.25) is 5.02 Å². The van der Waals surface area contributed by atoms with Crippen LogP contribution in [0.5, 0.6) is 0 Å². The maximum atomic E-state index is 12.5. The van der Waals surface area contributed by atoms with Crippen molar-refractivity contribution >= 4 is 23.2 Å². The lowest BCUT2D eigenvalue weighted by Crippen LogP contribution is -2.39. The summed E-state index contributed by atoms with van der Waals surface area (Å²) in [4.78, 5) is 14.0. The Morgan fingerprint density at radius 1 is 1.45 bits per heavy atom. The van der Waals surface area contributed by atoms with E-state index < -0.39 is 5.60 Å². The number of hydrogen-bond donors (Lipinski definition) is 2. The molecule has 1 aromatic rings. The molecule has 5 heteroatoms. The van der Waals surface area contributed by atoms with E-state index in [-0.39, 0.29) is 12.5 Å². The van der Waals surface area contributed by atoms with E-state index >= 15 is 0 Å². The average Bonchev–Trinajstić information content (AvgIpc) is 2.34. The zero-order valence-corrected chi connectivity index (χ0v) is 13.3. The van der Waals surface area contributed by atoms with Gasteiger partial charge in [-0.05, 0) is 38.5 Å². The number of aliphatic hydroxyl groups is 1. The smallest absolute Gasteiger partial charge is 0.255 e. The number of nitrogens with one attached hydrogen (secondary N) is 1. The highest BCUT2D eigenvalue weighted by Gasteiger charge is 2.22. The van der Waals surface area contributed by atoms with E-state index in [9.17, 15) is 9.90 Å². The number of amides is 1. The molecular formula is C15H23ClN2O2. The van der Waals surface area contributed by atoms with Gasteiger partial charge in [-0.25, -0.2) is 0 Å². The summed E-state index contributed by atoms with van der Waals surface area (Å²) in [6.07, 6.45) is 0.968. The van der Waals surface area contributed by atoms with Gasteiger partial charge in [0, 0.05) is 30.8 Å². The molecular weight excluding hydrogens is 276 g/mol. The van der Waals surface area contributed by atoms with Crippen LogP contribution in [0.1, 0.15) is 37.6 Å². The maximum absolute atomic E-state index is 12.5. The van der Waals surface area contributed by atoms with Gasteiger partial charge in [-0.3, -0.25) is 4.79 Å². The Morgan fingerprint density at radius 3 is 2.65 bits per heavy atom. The van der Waals surface area contributed by atoms with Gasteiger partial charge in [0.05, 0.1) is 11.2 Å². The fourth-order valence-corrected chi connectivity index (χ4v) is 2.14. The first kappa shape index (κ1) is 16.8. The van der Waals surface area contributed by atoms with Crippen LogP contribution < -0.4 is 5.32 Å². The second-order valence-corrected chi connectivity index (χ2v) is 6.03. The molecule has 0 aliphatic heterocycles. The number of carbonyl (C=O) groups excluding carboxylic acids is 1. The lowest BCUT2D eigenvalue weighted by molar-refractivity contribution is 0.0368. The highest BCUT2D eigenvalue weighted by atomic mass is 35.5. The van der Waals surface area contributed by atoms with E-state index in [4.69, 9.17) is 11.6 Å².